The molecule has 1 aromatic rings. The van der Waals surface area contributed by atoms with Gasteiger partial charge in [-0.15, -0.1) is 0 Å². The summed E-state index contributed by atoms with van der Waals surface area (Å²) in [6.07, 6.45) is 0.647. The van der Waals surface area contributed by atoms with Crippen LogP contribution in [-0.2, 0) is 4.79 Å². The number of hydrazine groups is 1. The molecule has 3 fully saturated rings. The zero-order chi connectivity index (χ0) is 21.8. The van der Waals surface area contributed by atoms with Crippen LogP contribution in [0.4, 0.5) is 0 Å². The van der Waals surface area contributed by atoms with E-state index in [0.717, 1.165) is 38.3 Å². The standard InChI is InChI=1S/C22H33N7O2/c1-2-28-13-15(8-10-23)14-29-22(28)19(20(24)27-29)21(30)26-17-12-25-11-9-18(17)31-16-6-4-3-5-7-16/h3-7,15,17-20,22,25,27H,2,8-9,11-14,24H2,1H3,(H,26,30). The minimum absolute atomic E-state index is 0.0555. The number of rotatable bonds is 6. The highest BCUT2D eigenvalue weighted by molar-refractivity contribution is 5.81. The summed E-state index contributed by atoms with van der Waals surface area (Å²) in [6.45, 7) is 5.92. The first-order chi connectivity index (χ1) is 15.1. The Morgan fingerprint density at radius 1 is 1.35 bits per heavy atom. The first-order valence-electron chi connectivity index (χ1n) is 11.2. The van der Waals surface area contributed by atoms with E-state index in [0.29, 0.717) is 13.0 Å². The lowest BCUT2D eigenvalue weighted by molar-refractivity contribution is -0.131. The van der Waals surface area contributed by atoms with Crippen LogP contribution in [-0.4, -0.2) is 73.0 Å². The number of carbonyl (C=O) groups excluding carboxylic acids is 1. The van der Waals surface area contributed by atoms with Crippen LogP contribution in [0.25, 0.3) is 0 Å². The van der Waals surface area contributed by atoms with Gasteiger partial charge in [0.1, 0.15) is 11.9 Å². The van der Waals surface area contributed by atoms with Gasteiger partial charge in [-0.1, -0.05) is 25.1 Å². The van der Waals surface area contributed by atoms with Gasteiger partial charge >= 0.3 is 0 Å². The Morgan fingerprint density at radius 2 is 2.16 bits per heavy atom. The van der Waals surface area contributed by atoms with Gasteiger partial charge in [-0.05, 0) is 37.6 Å². The molecule has 3 saturated heterocycles. The van der Waals surface area contributed by atoms with E-state index in [-0.39, 0.29) is 30.1 Å². The van der Waals surface area contributed by atoms with Crippen LogP contribution in [0.2, 0.25) is 0 Å². The third kappa shape index (κ3) is 4.84. The number of nitrogens with one attached hydrogen (secondary N) is 3. The summed E-state index contributed by atoms with van der Waals surface area (Å²) < 4.78 is 6.20. The maximum atomic E-state index is 13.4. The van der Waals surface area contributed by atoms with Gasteiger partial charge in [0.25, 0.3) is 0 Å². The maximum absolute atomic E-state index is 13.4. The maximum Gasteiger partial charge on any atom is 0.229 e. The monoisotopic (exact) mass is 427 g/mol. The molecule has 3 aliphatic rings. The summed E-state index contributed by atoms with van der Waals surface area (Å²) in [5.74, 6) is 0.600. The third-order valence-electron chi connectivity index (χ3n) is 6.53. The molecule has 0 spiro atoms. The number of hydrogen-bond donors (Lipinski definition) is 4. The van der Waals surface area contributed by atoms with Gasteiger partial charge in [-0.3, -0.25) is 9.69 Å². The average molecular weight is 428 g/mol. The van der Waals surface area contributed by atoms with Gasteiger partial charge in [0.15, 0.2) is 0 Å². The van der Waals surface area contributed by atoms with Crippen LogP contribution >= 0.6 is 0 Å². The summed E-state index contributed by atoms with van der Waals surface area (Å²) in [5, 5.41) is 17.7. The van der Waals surface area contributed by atoms with Crippen molar-refractivity contribution in [3.63, 3.8) is 0 Å². The second kappa shape index (κ2) is 9.94. The van der Waals surface area contributed by atoms with E-state index in [9.17, 15) is 4.79 Å². The molecule has 9 heteroatoms. The van der Waals surface area contributed by atoms with Gasteiger partial charge < -0.3 is 21.1 Å². The fourth-order valence-electron chi connectivity index (χ4n) is 5.03. The topological polar surface area (TPSA) is 119 Å². The highest BCUT2D eigenvalue weighted by Gasteiger charge is 2.50. The number of amides is 1. The molecule has 5 N–H and O–H groups in total. The molecule has 3 aliphatic heterocycles. The number of piperidine rings is 1. The van der Waals surface area contributed by atoms with Crippen LogP contribution in [0.5, 0.6) is 5.75 Å². The minimum atomic E-state index is -0.468. The molecule has 1 aromatic carbocycles. The normalized spacial score (nSPS) is 34.0. The van der Waals surface area contributed by atoms with E-state index >= 15 is 0 Å². The van der Waals surface area contributed by atoms with Crippen molar-refractivity contribution in [3.05, 3.63) is 30.3 Å². The van der Waals surface area contributed by atoms with Gasteiger partial charge in [0.2, 0.25) is 5.91 Å². The lowest BCUT2D eigenvalue weighted by atomic mass is 9.95. The number of carbonyl (C=O) groups is 1. The zero-order valence-corrected chi connectivity index (χ0v) is 18.0. The lowest BCUT2D eigenvalue weighted by Gasteiger charge is -2.44. The van der Waals surface area contributed by atoms with E-state index in [1.807, 2.05) is 30.3 Å². The Kier molecular flexibility index (Phi) is 7.05. The van der Waals surface area contributed by atoms with Crippen LogP contribution < -0.4 is 26.5 Å². The van der Waals surface area contributed by atoms with Crippen molar-refractivity contribution in [1.82, 2.24) is 26.0 Å². The van der Waals surface area contributed by atoms with E-state index in [2.05, 4.69) is 39.0 Å². The summed E-state index contributed by atoms with van der Waals surface area (Å²) in [5.41, 5.74) is 9.67. The van der Waals surface area contributed by atoms with E-state index in [1.165, 1.54) is 0 Å². The Morgan fingerprint density at radius 3 is 2.90 bits per heavy atom. The SMILES string of the molecule is CCN1CC(CC#N)CN2NC(N)C(C(=O)NC3CNCCC3Oc3ccccc3)C12. The fraction of sp³-hybridized carbons (Fsp3) is 0.636. The number of hydrogen-bond acceptors (Lipinski definition) is 8. The third-order valence-corrected chi connectivity index (χ3v) is 6.53. The van der Waals surface area contributed by atoms with Crippen LogP contribution in [0.3, 0.4) is 0 Å². The number of nitrogens with zero attached hydrogens (tertiary/aromatic N) is 3. The molecule has 31 heavy (non-hydrogen) atoms. The van der Waals surface area contributed by atoms with Crippen LogP contribution in [0.1, 0.15) is 19.8 Å². The fourth-order valence-corrected chi connectivity index (χ4v) is 5.03. The number of nitrogens with two attached hydrogens (primary N) is 1. The van der Waals surface area contributed by atoms with E-state index in [4.69, 9.17) is 15.7 Å². The molecule has 6 unspecified atom stereocenters. The van der Waals surface area contributed by atoms with E-state index in [1.54, 1.807) is 0 Å². The molecule has 0 aromatic heterocycles. The second-order valence-electron chi connectivity index (χ2n) is 8.64. The first-order valence-corrected chi connectivity index (χ1v) is 11.2. The Bertz CT molecular complexity index is 778. The summed E-state index contributed by atoms with van der Waals surface area (Å²) in [6, 6.07) is 11.9. The largest absolute Gasteiger partial charge is 0.488 e. The molecule has 168 valence electrons. The molecule has 6 atom stereocenters. The highest BCUT2D eigenvalue weighted by atomic mass is 16.5. The van der Waals surface area contributed by atoms with Crippen LogP contribution in [0.15, 0.2) is 30.3 Å². The number of fused-ring (bicyclic) bond motifs is 1. The number of nitriles is 1. The van der Waals surface area contributed by atoms with E-state index < -0.39 is 12.1 Å². The van der Waals surface area contributed by atoms with Crippen molar-refractivity contribution in [2.24, 2.45) is 17.6 Å². The highest BCUT2D eigenvalue weighted by Crippen LogP contribution is 2.30. The molecular formula is C22H33N7O2. The summed E-state index contributed by atoms with van der Waals surface area (Å²) in [7, 11) is 0. The predicted molar refractivity (Wildman–Crippen MR) is 116 cm³/mol. The Hall–Kier alpha value is -2.22. The molecule has 0 bridgehead atoms. The molecule has 4 rings (SSSR count). The average Bonchev–Trinajstić information content (AvgIpc) is 3.11. The van der Waals surface area contributed by atoms with Gasteiger partial charge in [0, 0.05) is 26.1 Å². The van der Waals surface area contributed by atoms with Crippen LogP contribution in [0, 0.1) is 23.2 Å². The van der Waals surface area contributed by atoms with Crippen molar-refractivity contribution >= 4 is 5.91 Å². The molecule has 3 heterocycles. The smallest absolute Gasteiger partial charge is 0.229 e. The van der Waals surface area contributed by atoms with Crippen molar-refractivity contribution in [2.45, 2.75) is 44.2 Å². The summed E-state index contributed by atoms with van der Waals surface area (Å²) >= 11 is 0. The minimum Gasteiger partial charge on any atom is -0.488 e. The number of ether oxygens (including phenoxy) is 1. The Balaban J connectivity index is 1.44. The van der Waals surface area contributed by atoms with Crippen molar-refractivity contribution in [1.29, 1.82) is 5.26 Å². The van der Waals surface area contributed by atoms with Gasteiger partial charge in [0.05, 0.1) is 30.4 Å². The lowest BCUT2D eigenvalue weighted by Crippen LogP contribution is -2.62. The van der Waals surface area contributed by atoms with Crippen molar-refractivity contribution < 1.29 is 9.53 Å². The molecule has 0 radical (unpaired) electrons. The number of para-hydroxylation sites is 1. The quantitative estimate of drug-likeness (QED) is 0.494. The number of benzene rings is 1. The van der Waals surface area contributed by atoms with Crippen molar-refractivity contribution in [2.75, 3.05) is 32.7 Å². The predicted octanol–water partition coefficient (Wildman–Crippen LogP) is -0.175. The van der Waals surface area contributed by atoms with Crippen molar-refractivity contribution in [3.8, 4) is 11.8 Å². The second-order valence-corrected chi connectivity index (χ2v) is 8.64. The molecular weight excluding hydrogens is 394 g/mol. The molecule has 0 saturated carbocycles. The summed E-state index contributed by atoms with van der Waals surface area (Å²) in [4.78, 5) is 15.7. The first kappa shape index (κ1) is 22.0. The van der Waals surface area contributed by atoms with Gasteiger partial charge in [-0.25, -0.2) is 10.4 Å². The molecule has 1 amide bonds. The molecule has 9 nitrogen and oxygen atoms in total. The zero-order valence-electron chi connectivity index (χ0n) is 18.0. The van der Waals surface area contributed by atoms with Gasteiger partial charge in [-0.2, -0.15) is 5.26 Å². The Labute approximate surface area is 183 Å². The molecule has 0 aliphatic carbocycles.